The second-order valence-electron chi connectivity index (χ2n) is 7.50. The Morgan fingerprint density at radius 1 is 1.11 bits per heavy atom. The van der Waals surface area contributed by atoms with E-state index in [9.17, 15) is 18.4 Å². The Morgan fingerprint density at radius 3 is 2.44 bits per heavy atom. The number of aromatic nitrogens is 1. The summed E-state index contributed by atoms with van der Waals surface area (Å²) in [6.45, 7) is 4.09. The molecule has 0 aliphatic carbocycles. The molecule has 0 N–H and O–H groups in total. The summed E-state index contributed by atoms with van der Waals surface area (Å²) in [6.07, 6.45) is 0.398. The Hall–Kier alpha value is -2.70. The van der Waals surface area contributed by atoms with Gasteiger partial charge in [-0.2, -0.15) is 0 Å². The number of fused-ring (bicyclic) bond motifs is 1. The number of aryl methyl sites for hydroxylation is 1. The predicted octanol–water partition coefficient (Wildman–Crippen LogP) is 2.34. The first-order valence-corrected chi connectivity index (χ1v) is 8.99. The highest BCUT2D eigenvalue weighted by Gasteiger charge is 2.33. The van der Waals surface area contributed by atoms with Crippen molar-refractivity contribution in [1.29, 1.82) is 0 Å². The summed E-state index contributed by atoms with van der Waals surface area (Å²) in [5.74, 6) is -0.980. The van der Waals surface area contributed by atoms with Gasteiger partial charge in [-0.25, -0.2) is 8.78 Å². The van der Waals surface area contributed by atoms with E-state index in [4.69, 9.17) is 0 Å². The number of pyridine rings is 1. The van der Waals surface area contributed by atoms with Crippen molar-refractivity contribution < 1.29 is 13.6 Å². The van der Waals surface area contributed by atoms with Crippen LogP contribution in [0.15, 0.2) is 29.1 Å². The fourth-order valence-corrected chi connectivity index (χ4v) is 3.96. The van der Waals surface area contributed by atoms with Crippen LogP contribution in [0.2, 0.25) is 0 Å². The molecule has 1 saturated heterocycles. The topological polar surface area (TPSA) is 45.6 Å². The zero-order valence-electron chi connectivity index (χ0n) is 15.3. The van der Waals surface area contributed by atoms with E-state index in [1.165, 1.54) is 12.1 Å². The average Bonchev–Trinajstić information content (AvgIpc) is 3.00. The van der Waals surface area contributed by atoms with Crippen molar-refractivity contribution in [3.8, 4) is 0 Å². The van der Waals surface area contributed by atoms with Crippen molar-refractivity contribution >= 4 is 11.6 Å². The maximum Gasteiger partial charge on any atom is 0.250 e. The molecule has 0 saturated carbocycles. The van der Waals surface area contributed by atoms with Crippen LogP contribution in [0.3, 0.4) is 0 Å². The SMILES string of the molecule is Cc1cc(=O)n(C)c2c1CN(C(=O)CC1CN(c3cc(F)cc(F)c3)C1)C2. The molecule has 0 unspecified atom stereocenters. The first kappa shape index (κ1) is 17.7. The number of amides is 1. The van der Waals surface area contributed by atoms with Gasteiger partial charge in [0.2, 0.25) is 5.91 Å². The number of anilines is 1. The van der Waals surface area contributed by atoms with E-state index in [0.29, 0.717) is 38.3 Å². The summed E-state index contributed by atoms with van der Waals surface area (Å²) in [4.78, 5) is 28.3. The maximum atomic E-state index is 13.3. The molecule has 1 amide bonds. The molecular weight excluding hydrogens is 352 g/mol. The molecule has 1 aromatic heterocycles. The highest BCUT2D eigenvalue weighted by Crippen LogP contribution is 2.30. The zero-order valence-corrected chi connectivity index (χ0v) is 15.3. The Labute approximate surface area is 155 Å². The average molecular weight is 373 g/mol. The molecule has 2 aliphatic heterocycles. The lowest BCUT2D eigenvalue weighted by atomic mass is 9.95. The molecule has 2 aliphatic rings. The third kappa shape index (κ3) is 3.22. The monoisotopic (exact) mass is 373 g/mol. The van der Waals surface area contributed by atoms with Crippen molar-refractivity contribution in [3.63, 3.8) is 0 Å². The van der Waals surface area contributed by atoms with E-state index in [1.54, 1.807) is 22.6 Å². The van der Waals surface area contributed by atoms with Gasteiger partial charge < -0.3 is 14.4 Å². The Kier molecular flexibility index (Phi) is 4.25. The second-order valence-corrected chi connectivity index (χ2v) is 7.50. The van der Waals surface area contributed by atoms with Gasteiger partial charge in [-0.05, 0) is 30.2 Å². The molecule has 27 heavy (non-hydrogen) atoms. The predicted molar refractivity (Wildman–Crippen MR) is 97.4 cm³/mol. The van der Waals surface area contributed by atoms with E-state index in [2.05, 4.69) is 0 Å². The number of hydrogen-bond acceptors (Lipinski definition) is 3. The van der Waals surface area contributed by atoms with Gasteiger partial charge in [0.05, 0.1) is 6.54 Å². The highest BCUT2D eigenvalue weighted by atomic mass is 19.1. The highest BCUT2D eigenvalue weighted by molar-refractivity contribution is 5.77. The number of carbonyl (C=O) groups excluding carboxylic acids is 1. The molecule has 3 heterocycles. The first-order chi connectivity index (χ1) is 12.8. The molecule has 0 spiro atoms. The molecular formula is C20H21F2N3O2. The Balaban J connectivity index is 1.37. The van der Waals surface area contributed by atoms with Crippen LogP contribution in [0, 0.1) is 24.5 Å². The van der Waals surface area contributed by atoms with Crippen molar-refractivity contribution in [2.75, 3.05) is 18.0 Å². The number of benzene rings is 1. The molecule has 5 nitrogen and oxygen atoms in total. The standard InChI is InChI=1S/C20H21F2N3O2/c1-12-3-19(26)23(2)18-11-25(10-17(12)18)20(27)4-13-8-24(9-13)16-6-14(21)5-15(22)7-16/h3,5-7,13H,4,8-11H2,1-2H3. The lowest BCUT2D eigenvalue weighted by molar-refractivity contribution is -0.133. The lowest BCUT2D eigenvalue weighted by Crippen LogP contribution is -2.48. The summed E-state index contributed by atoms with van der Waals surface area (Å²) in [5, 5.41) is 0. The summed E-state index contributed by atoms with van der Waals surface area (Å²) >= 11 is 0. The number of carbonyl (C=O) groups is 1. The smallest absolute Gasteiger partial charge is 0.250 e. The Bertz CT molecular complexity index is 960. The van der Waals surface area contributed by atoms with Gasteiger partial charge in [0.1, 0.15) is 11.6 Å². The van der Waals surface area contributed by atoms with Crippen LogP contribution in [-0.4, -0.2) is 28.5 Å². The third-order valence-corrected chi connectivity index (χ3v) is 5.58. The van der Waals surface area contributed by atoms with Crippen LogP contribution in [0.4, 0.5) is 14.5 Å². The summed E-state index contributed by atoms with van der Waals surface area (Å²) in [7, 11) is 1.73. The van der Waals surface area contributed by atoms with E-state index in [-0.39, 0.29) is 17.4 Å². The van der Waals surface area contributed by atoms with Gasteiger partial charge in [0, 0.05) is 62.5 Å². The van der Waals surface area contributed by atoms with Gasteiger partial charge >= 0.3 is 0 Å². The minimum absolute atomic E-state index is 0.0492. The minimum atomic E-state index is -0.597. The quantitative estimate of drug-likeness (QED) is 0.830. The van der Waals surface area contributed by atoms with E-state index >= 15 is 0 Å². The van der Waals surface area contributed by atoms with Gasteiger partial charge in [0.25, 0.3) is 5.56 Å². The molecule has 0 radical (unpaired) electrons. The molecule has 1 fully saturated rings. The number of rotatable bonds is 3. The number of halogens is 2. The van der Waals surface area contributed by atoms with Crippen LogP contribution >= 0.6 is 0 Å². The van der Waals surface area contributed by atoms with E-state index in [0.717, 1.165) is 22.9 Å². The van der Waals surface area contributed by atoms with Gasteiger partial charge in [0.15, 0.2) is 0 Å². The zero-order chi connectivity index (χ0) is 19.3. The van der Waals surface area contributed by atoms with Crippen molar-refractivity contribution in [2.45, 2.75) is 26.4 Å². The van der Waals surface area contributed by atoms with Gasteiger partial charge in [-0.3, -0.25) is 9.59 Å². The van der Waals surface area contributed by atoms with E-state index in [1.807, 2.05) is 11.8 Å². The van der Waals surface area contributed by atoms with Crippen LogP contribution in [0.1, 0.15) is 23.2 Å². The molecule has 4 rings (SSSR count). The Morgan fingerprint density at radius 2 is 1.78 bits per heavy atom. The minimum Gasteiger partial charge on any atom is -0.371 e. The number of hydrogen-bond donors (Lipinski definition) is 0. The fourth-order valence-electron chi connectivity index (χ4n) is 3.96. The second kappa shape index (κ2) is 6.48. The van der Waals surface area contributed by atoms with E-state index < -0.39 is 11.6 Å². The lowest BCUT2D eigenvalue weighted by Gasteiger charge is -2.41. The van der Waals surface area contributed by atoms with Crippen LogP contribution in [0.5, 0.6) is 0 Å². The normalized spacial score (nSPS) is 16.4. The maximum absolute atomic E-state index is 13.3. The summed E-state index contributed by atoms with van der Waals surface area (Å²) in [5.41, 5.74) is 3.33. The molecule has 0 atom stereocenters. The van der Waals surface area contributed by atoms with Crippen molar-refractivity contribution in [2.24, 2.45) is 13.0 Å². The van der Waals surface area contributed by atoms with Crippen LogP contribution in [0.25, 0.3) is 0 Å². The molecule has 1 aromatic carbocycles. The van der Waals surface area contributed by atoms with Gasteiger partial charge in [-0.15, -0.1) is 0 Å². The molecule has 0 bridgehead atoms. The van der Waals surface area contributed by atoms with Gasteiger partial charge in [-0.1, -0.05) is 0 Å². The first-order valence-electron chi connectivity index (χ1n) is 8.99. The third-order valence-electron chi connectivity index (χ3n) is 5.58. The summed E-state index contributed by atoms with van der Waals surface area (Å²) in [6, 6.07) is 5.07. The largest absolute Gasteiger partial charge is 0.371 e. The fraction of sp³-hybridized carbons (Fsp3) is 0.400. The van der Waals surface area contributed by atoms with Crippen molar-refractivity contribution in [3.05, 3.63) is 63.1 Å². The summed E-state index contributed by atoms with van der Waals surface area (Å²) < 4.78 is 28.3. The van der Waals surface area contributed by atoms with Crippen LogP contribution in [-0.2, 0) is 24.9 Å². The molecule has 7 heteroatoms. The van der Waals surface area contributed by atoms with Crippen LogP contribution < -0.4 is 10.5 Å². The number of nitrogens with zero attached hydrogens (tertiary/aromatic N) is 3. The van der Waals surface area contributed by atoms with Crippen molar-refractivity contribution in [1.82, 2.24) is 9.47 Å². The molecule has 142 valence electrons. The molecule has 2 aromatic rings.